The molecule has 10 N–H and O–H groups in total. The van der Waals surface area contributed by atoms with Crippen molar-refractivity contribution in [3.05, 3.63) is 11.6 Å². The van der Waals surface area contributed by atoms with Crippen LogP contribution in [0.15, 0.2) is 11.6 Å². The van der Waals surface area contributed by atoms with Gasteiger partial charge >= 0.3 is 21.7 Å². The summed E-state index contributed by atoms with van der Waals surface area (Å²) in [6, 6.07) is -1.38. The summed E-state index contributed by atoms with van der Waals surface area (Å²) in [4.78, 5) is 81.9. The largest absolute Gasteiger partial charge is 0.483 e. The molecule has 3 saturated heterocycles. The number of allylic oxidation sites excluding steroid dienone is 2. The van der Waals surface area contributed by atoms with E-state index in [1.807, 2.05) is 32.5 Å². The molecule has 2 unspecified atom stereocenters. The molecular formula is C39H70N6O16P2S. The van der Waals surface area contributed by atoms with E-state index in [9.17, 15) is 53.1 Å². The van der Waals surface area contributed by atoms with Crippen molar-refractivity contribution in [3.8, 4) is 0 Å². The van der Waals surface area contributed by atoms with Crippen molar-refractivity contribution >= 4 is 57.1 Å². The van der Waals surface area contributed by atoms with Crippen molar-refractivity contribution in [2.75, 3.05) is 38.6 Å². The quantitative estimate of drug-likeness (QED) is 0.0213. The number of hydrogen-bond acceptors (Lipinski definition) is 15. The molecule has 0 aromatic heterocycles. The lowest BCUT2D eigenvalue weighted by atomic mass is 9.96. The van der Waals surface area contributed by atoms with E-state index in [0.717, 1.165) is 56.8 Å². The summed E-state index contributed by atoms with van der Waals surface area (Å²) >= 11 is 1.85. The molecule has 0 radical (unpaired) electrons. The molecule has 22 nitrogen and oxygen atoms in total. The van der Waals surface area contributed by atoms with Crippen molar-refractivity contribution in [2.24, 2.45) is 5.92 Å². The number of aliphatic hydroxyl groups excluding tert-OH is 2. The number of amides is 6. The zero-order valence-corrected chi connectivity index (χ0v) is 40.0. The standard InChI is InChI=1S/C39H70N6O16P2S/c1-24(2)12-11-13-25(3)17-21-57-62(53,54)61-63(55,56)60-38-34(43-27(5)47)36(35(50)29(22-46)59-38)58-26(4)37(51)42-20-19-41-32(49)15-7-6-10-18-40-31(48)16-9-8-14-30-33-28(23-64-30)44-39(52)45-33/h12,25-26,28-30,33-36,38,46,50H,6-11,13-23H2,1-5H3,(H,40,48)(H,41,49)(H,42,51)(H,43,47)(H,53,54)(H,55,56)(H2,44,45,52)/t25-,26-,28+,29-,30+,33+,34-,35-,36-,38-/m1/s1. The highest BCUT2D eigenvalue weighted by atomic mass is 32.2. The first kappa shape index (κ1) is 55.7. The summed E-state index contributed by atoms with van der Waals surface area (Å²) < 4.78 is 51.2. The van der Waals surface area contributed by atoms with Crippen molar-refractivity contribution < 1.29 is 75.9 Å². The van der Waals surface area contributed by atoms with Crippen LogP contribution >= 0.6 is 27.4 Å². The predicted octanol–water partition coefficient (Wildman–Crippen LogP) is 2.00. The highest BCUT2D eigenvalue weighted by molar-refractivity contribution is 8.00. The molecule has 25 heteroatoms. The number of aliphatic hydroxyl groups is 2. The Labute approximate surface area is 379 Å². The average molecular weight is 973 g/mol. The number of ether oxygens (including phenoxy) is 2. The van der Waals surface area contributed by atoms with Crippen LogP contribution in [0.5, 0.6) is 0 Å². The Kier molecular flexibility index (Phi) is 24.2. The van der Waals surface area contributed by atoms with Crippen molar-refractivity contribution in [2.45, 2.75) is 159 Å². The number of fused-ring (bicyclic) bond motifs is 1. The lowest BCUT2D eigenvalue weighted by molar-refractivity contribution is -0.261. The Hall–Kier alpha value is -2.66. The molecule has 0 saturated carbocycles. The van der Waals surface area contributed by atoms with Crippen LogP contribution in [0.3, 0.4) is 0 Å². The topological polar surface area (TPSA) is 319 Å². The normalized spacial score (nSPS) is 26.8. The summed E-state index contributed by atoms with van der Waals surface area (Å²) in [5, 5.41) is 37.7. The summed E-state index contributed by atoms with van der Waals surface area (Å²) in [7, 11) is -10.7. The minimum Gasteiger partial charge on any atom is -0.394 e. The van der Waals surface area contributed by atoms with Crippen LogP contribution in [0, 0.1) is 5.92 Å². The molecule has 3 rings (SSSR count). The summed E-state index contributed by atoms with van der Waals surface area (Å²) in [5.41, 5.74) is 1.15. The van der Waals surface area contributed by atoms with Gasteiger partial charge in [0.2, 0.25) is 23.6 Å². The van der Waals surface area contributed by atoms with Gasteiger partial charge in [-0.2, -0.15) is 16.1 Å². The number of phosphoric ester groups is 2. The number of rotatable bonds is 30. The molecule has 3 aliphatic heterocycles. The lowest BCUT2D eigenvalue weighted by Crippen LogP contribution is -2.66. The number of urea groups is 1. The molecule has 3 heterocycles. The van der Waals surface area contributed by atoms with Gasteiger partial charge in [0.05, 0.1) is 25.3 Å². The SMILES string of the molecule is CC(=O)N[C@H]1[C@@H](OP(=O)(O)OP(=O)(O)OCC[C@H](C)CCC=C(C)C)O[C@H](CO)[C@@H](O)[C@@H]1O[C@H](C)C(=O)NCCNC(=O)CCCCCNC(=O)CCCC[C@@H]1SC[C@@H]2NC(=O)N[C@@H]21. The van der Waals surface area contributed by atoms with Crippen LogP contribution in [0.25, 0.3) is 0 Å². The molecule has 3 aliphatic rings. The first-order valence-corrected chi connectivity index (χ1v) is 25.9. The zero-order chi connectivity index (χ0) is 47.5. The van der Waals surface area contributed by atoms with E-state index in [4.69, 9.17) is 18.5 Å². The molecule has 0 aromatic rings. The van der Waals surface area contributed by atoms with Crippen LogP contribution in [0.2, 0.25) is 0 Å². The number of hydrogen-bond donors (Lipinski definition) is 10. The second kappa shape index (κ2) is 27.9. The van der Waals surface area contributed by atoms with Gasteiger partial charge in [0.1, 0.15) is 30.5 Å². The van der Waals surface area contributed by atoms with Crippen molar-refractivity contribution in [3.63, 3.8) is 0 Å². The molecule has 0 aromatic carbocycles. The minimum absolute atomic E-state index is 0.00173. The van der Waals surface area contributed by atoms with E-state index >= 15 is 0 Å². The highest BCUT2D eigenvalue weighted by Crippen LogP contribution is 2.61. The maximum absolute atomic E-state index is 13.0. The number of carbonyl (C=O) groups excluding carboxylic acids is 5. The molecule has 64 heavy (non-hydrogen) atoms. The van der Waals surface area contributed by atoms with Gasteiger partial charge in [0.15, 0.2) is 6.29 Å². The molecule has 3 fully saturated rings. The van der Waals surface area contributed by atoms with Gasteiger partial charge < -0.3 is 61.4 Å². The number of thioether (sulfide) groups is 1. The molecular weight excluding hydrogens is 902 g/mol. The molecule has 368 valence electrons. The van der Waals surface area contributed by atoms with E-state index in [1.165, 1.54) is 6.92 Å². The van der Waals surface area contributed by atoms with Crippen LogP contribution < -0.4 is 31.9 Å². The van der Waals surface area contributed by atoms with E-state index in [0.29, 0.717) is 37.5 Å². The summed E-state index contributed by atoms with van der Waals surface area (Å²) in [6.07, 6.45) is 1.07. The summed E-state index contributed by atoms with van der Waals surface area (Å²) in [5.74, 6) is -0.695. The minimum atomic E-state index is -5.53. The second-order valence-corrected chi connectivity index (χ2v) is 20.8. The maximum Gasteiger partial charge on any atom is 0.483 e. The zero-order valence-electron chi connectivity index (χ0n) is 37.4. The van der Waals surface area contributed by atoms with E-state index in [-0.39, 0.29) is 62.0 Å². The Morgan fingerprint density at radius 2 is 1.59 bits per heavy atom. The number of unbranched alkanes of at least 4 members (excludes halogenated alkanes) is 3. The molecule has 0 bridgehead atoms. The predicted molar refractivity (Wildman–Crippen MR) is 235 cm³/mol. The first-order valence-electron chi connectivity index (χ1n) is 21.9. The highest BCUT2D eigenvalue weighted by Gasteiger charge is 2.51. The van der Waals surface area contributed by atoms with Gasteiger partial charge in [-0.05, 0) is 71.6 Å². The maximum atomic E-state index is 13.0. The van der Waals surface area contributed by atoms with Crippen molar-refractivity contribution in [1.29, 1.82) is 0 Å². The Morgan fingerprint density at radius 3 is 2.27 bits per heavy atom. The van der Waals surface area contributed by atoms with E-state index in [2.05, 4.69) is 42.3 Å². The van der Waals surface area contributed by atoms with Crippen LogP contribution in [-0.4, -0.2) is 142 Å². The molecule has 12 atom stereocenters. The molecule has 0 spiro atoms. The van der Waals surface area contributed by atoms with Crippen LogP contribution in [0.1, 0.15) is 105 Å². The molecule has 0 aliphatic carbocycles. The van der Waals surface area contributed by atoms with Crippen molar-refractivity contribution in [1.82, 2.24) is 31.9 Å². The number of phosphoric acid groups is 2. The van der Waals surface area contributed by atoms with Crippen LogP contribution in [0.4, 0.5) is 4.79 Å². The number of carbonyl (C=O) groups is 5. The molecule has 6 amide bonds. The fourth-order valence-corrected chi connectivity index (χ4v) is 11.0. The lowest BCUT2D eigenvalue weighted by Gasteiger charge is -2.44. The van der Waals surface area contributed by atoms with E-state index < -0.39 is 70.8 Å². The fourth-order valence-electron chi connectivity index (χ4n) is 7.28. The van der Waals surface area contributed by atoms with Gasteiger partial charge in [-0.25, -0.2) is 13.9 Å². The second-order valence-electron chi connectivity index (χ2n) is 16.6. The van der Waals surface area contributed by atoms with Gasteiger partial charge in [-0.3, -0.25) is 28.2 Å². The van der Waals surface area contributed by atoms with Gasteiger partial charge in [-0.15, -0.1) is 0 Å². The van der Waals surface area contributed by atoms with Gasteiger partial charge in [-0.1, -0.05) is 31.4 Å². The fraction of sp³-hybridized carbons (Fsp3) is 0.821. The Morgan fingerprint density at radius 1 is 0.922 bits per heavy atom. The van der Waals surface area contributed by atoms with E-state index in [1.54, 1.807) is 0 Å². The first-order chi connectivity index (χ1) is 30.2. The number of nitrogens with one attached hydrogen (secondary N) is 6. The Bertz CT molecular complexity index is 1660. The Balaban J connectivity index is 1.35. The monoisotopic (exact) mass is 972 g/mol. The smallest absolute Gasteiger partial charge is 0.394 e. The van der Waals surface area contributed by atoms with Gasteiger partial charge in [0, 0.05) is 50.4 Å². The van der Waals surface area contributed by atoms with Crippen LogP contribution in [-0.2, 0) is 51.1 Å². The summed E-state index contributed by atoms with van der Waals surface area (Å²) in [6.45, 7) is 7.66. The third kappa shape index (κ3) is 20.5. The van der Waals surface area contributed by atoms with Gasteiger partial charge in [0.25, 0.3) is 0 Å². The third-order valence-electron chi connectivity index (χ3n) is 10.7. The average Bonchev–Trinajstić information content (AvgIpc) is 3.76. The third-order valence-corrected chi connectivity index (χ3v) is 14.8.